The Hall–Kier alpha value is -1.80. The zero-order chi connectivity index (χ0) is 19.2. The molecule has 2 nitrogen and oxygen atoms in total. The Bertz CT molecular complexity index is 675. The molecule has 0 saturated carbocycles. The maximum absolute atomic E-state index is 6.03. The molecular formula is C24H35NO. The van der Waals surface area contributed by atoms with Gasteiger partial charge in [0.1, 0.15) is 5.75 Å². The molecule has 0 aliphatic carbocycles. The zero-order valence-electron chi connectivity index (χ0n) is 17.4. The SMILES string of the molecule is CC(C)(C)COc1ccccc1CCNCc1ccc(C(C)(C)C)cc1. The molecule has 0 aliphatic heterocycles. The number of hydrogen-bond donors (Lipinski definition) is 1. The Morgan fingerprint density at radius 3 is 2.12 bits per heavy atom. The van der Waals surface area contributed by atoms with Crippen molar-refractivity contribution < 1.29 is 4.74 Å². The van der Waals surface area contributed by atoms with Crippen molar-refractivity contribution in [1.82, 2.24) is 5.32 Å². The van der Waals surface area contributed by atoms with Gasteiger partial charge in [-0.2, -0.15) is 0 Å². The molecule has 26 heavy (non-hydrogen) atoms. The van der Waals surface area contributed by atoms with Crippen molar-refractivity contribution in [3.8, 4) is 5.75 Å². The van der Waals surface area contributed by atoms with Crippen LogP contribution in [-0.2, 0) is 18.4 Å². The third-order valence-electron chi connectivity index (χ3n) is 4.35. The zero-order valence-corrected chi connectivity index (χ0v) is 17.4. The van der Waals surface area contributed by atoms with Gasteiger partial charge in [-0.05, 0) is 46.6 Å². The van der Waals surface area contributed by atoms with Crippen molar-refractivity contribution in [1.29, 1.82) is 0 Å². The molecule has 0 aromatic heterocycles. The highest BCUT2D eigenvalue weighted by Crippen LogP contribution is 2.23. The fourth-order valence-corrected chi connectivity index (χ4v) is 2.72. The van der Waals surface area contributed by atoms with Gasteiger partial charge in [-0.25, -0.2) is 0 Å². The number of hydrogen-bond acceptors (Lipinski definition) is 2. The first kappa shape index (κ1) is 20.5. The Morgan fingerprint density at radius 2 is 1.50 bits per heavy atom. The molecule has 0 bridgehead atoms. The number of para-hydroxylation sites is 1. The summed E-state index contributed by atoms with van der Waals surface area (Å²) in [5, 5.41) is 3.55. The second-order valence-electron chi connectivity index (χ2n) is 9.33. The highest BCUT2D eigenvalue weighted by Gasteiger charge is 2.13. The number of nitrogens with one attached hydrogen (secondary N) is 1. The Kier molecular flexibility index (Phi) is 6.88. The number of benzene rings is 2. The van der Waals surface area contributed by atoms with E-state index in [1.165, 1.54) is 16.7 Å². The van der Waals surface area contributed by atoms with Crippen LogP contribution in [0.4, 0.5) is 0 Å². The van der Waals surface area contributed by atoms with Crippen molar-refractivity contribution in [2.24, 2.45) is 5.41 Å². The van der Waals surface area contributed by atoms with Crippen LogP contribution in [0.25, 0.3) is 0 Å². The van der Waals surface area contributed by atoms with E-state index in [0.717, 1.165) is 31.9 Å². The first-order valence-electron chi connectivity index (χ1n) is 9.66. The van der Waals surface area contributed by atoms with Gasteiger partial charge < -0.3 is 10.1 Å². The maximum Gasteiger partial charge on any atom is 0.122 e. The molecule has 0 saturated heterocycles. The lowest BCUT2D eigenvalue weighted by Gasteiger charge is -2.20. The van der Waals surface area contributed by atoms with Gasteiger partial charge in [0, 0.05) is 6.54 Å². The van der Waals surface area contributed by atoms with E-state index in [1.807, 2.05) is 6.07 Å². The van der Waals surface area contributed by atoms with Crippen LogP contribution in [-0.4, -0.2) is 13.2 Å². The summed E-state index contributed by atoms with van der Waals surface area (Å²) in [5.41, 5.74) is 4.36. The average Bonchev–Trinajstić information content (AvgIpc) is 2.56. The lowest BCUT2D eigenvalue weighted by atomic mass is 9.87. The molecule has 2 rings (SSSR count). The summed E-state index contributed by atoms with van der Waals surface area (Å²) in [6.45, 7) is 15.9. The number of ether oxygens (including phenoxy) is 1. The van der Waals surface area contributed by atoms with Crippen LogP contribution in [0.1, 0.15) is 58.2 Å². The van der Waals surface area contributed by atoms with Gasteiger partial charge in [0.05, 0.1) is 6.61 Å². The van der Waals surface area contributed by atoms with Crippen LogP contribution < -0.4 is 10.1 Å². The Labute approximate surface area is 160 Å². The molecule has 2 heteroatoms. The minimum atomic E-state index is 0.171. The molecular weight excluding hydrogens is 318 g/mol. The lowest BCUT2D eigenvalue weighted by molar-refractivity contribution is 0.196. The predicted octanol–water partition coefficient (Wildman–Crippen LogP) is 5.74. The average molecular weight is 354 g/mol. The summed E-state index contributed by atoms with van der Waals surface area (Å²) >= 11 is 0. The van der Waals surface area contributed by atoms with Crippen LogP contribution >= 0.6 is 0 Å². The molecule has 0 atom stereocenters. The third kappa shape index (κ3) is 6.84. The quantitative estimate of drug-likeness (QED) is 0.641. The van der Waals surface area contributed by atoms with E-state index in [9.17, 15) is 0 Å². The summed E-state index contributed by atoms with van der Waals surface area (Å²) in [5.74, 6) is 1.01. The van der Waals surface area contributed by atoms with Crippen LogP contribution in [0.2, 0.25) is 0 Å². The standard InChI is InChI=1S/C24H35NO/c1-23(2,3)18-26-22-10-8-7-9-20(22)15-16-25-17-19-11-13-21(14-12-19)24(4,5)6/h7-14,25H,15-18H2,1-6H3. The summed E-state index contributed by atoms with van der Waals surface area (Å²) < 4.78 is 6.03. The topological polar surface area (TPSA) is 21.3 Å². The van der Waals surface area contributed by atoms with Crippen molar-refractivity contribution in [2.45, 2.75) is 59.9 Å². The van der Waals surface area contributed by atoms with E-state index >= 15 is 0 Å². The molecule has 0 heterocycles. The normalized spacial score (nSPS) is 12.2. The molecule has 142 valence electrons. The van der Waals surface area contributed by atoms with E-state index < -0.39 is 0 Å². The largest absolute Gasteiger partial charge is 0.493 e. The maximum atomic E-state index is 6.03. The van der Waals surface area contributed by atoms with Gasteiger partial charge >= 0.3 is 0 Å². The lowest BCUT2D eigenvalue weighted by Crippen LogP contribution is -2.19. The highest BCUT2D eigenvalue weighted by atomic mass is 16.5. The van der Waals surface area contributed by atoms with E-state index in [2.05, 4.69) is 89.3 Å². The van der Waals surface area contributed by atoms with Gasteiger partial charge in [0.2, 0.25) is 0 Å². The fourth-order valence-electron chi connectivity index (χ4n) is 2.72. The minimum absolute atomic E-state index is 0.171. The second-order valence-corrected chi connectivity index (χ2v) is 9.33. The monoisotopic (exact) mass is 353 g/mol. The molecule has 2 aromatic carbocycles. The summed E-state index contributed by atoms with van der Waals surface area (Å²) in [7, 11) is 0. The Balaban J connectivity index is 1.83. The Morgan fingerprint density at radius 1 is 0.846 bits per heavy atom. The fraction of sp³-hybridized carbons (Fsp3) is 0.500. The molecule has 0 amide bonds. The second kappa shape index (κ2) is 8.73. The van der Waals surface area contributed by atoms with Crippen molar-refractivity contribution in [3.05, 3.63) is 65.2 Å². The van der Waals surface area contributed by atoms with Gasteiger partial charge in [0.25, 0.3) is 0 Å². The van der Waals surface area contributed by atoms with Crippen molar-refractivity contribution >= 4 is 0 Å². The van der Waals surface area contributed by atoms with E-state index in [-0.39, 0.29) is 10.8 Å². The molecule has 2 aromatic rings. The van der Waals surface area contributed by atoms with Gasteiger partial charge in [0.15, 0.2) is 0 Å². The van der Waals surface area contributed by atoms with Gasteiger partial charge in [-0.15, -0.1) is 0 Å². The van der Waals surface area contributed by atoms with E-state index in [1.54, 1.807) is 0 Å². The van der Waals surface area contributed by atoms with Gasteiger partial charge in [-0.3, -0.25) is 0 Å². The third-order valence-corrected chi connectivity index (χ3v) is 4.35. The van der Waals surface area contributed by atoms with E-state index in [4.69, 9.17) is 4.74 Å². The number of rotatable bonds is 7. The smallest absolute Gasteiger partial charge is 0.122 e. The highest BCUT2D eigenvalue weighted by molar-refractivity contribution is 5.33. The molecule has 0 radical (unpaired) electrons. The summed E-state index contributed by atoms with van der Waals surface area (Å²) in [6, 6.07) is 17.3. The molecule has 0 aliphatic rings. The van der Waals surface area contributed by atoms with Crippen LogP contribution in [0.5, 0.6) is 5.75 Å². The minimum Gasteiger partial charge on any atom is -0.493 e. The predicted molar refractivity (Wildman–Crippen MR) is 112 cm³/mol. The summed E-state index contributed by atoms with van der Waals surface area (Å²) in [4.78, 5) is 0. The first-order valence-corrected chi connectivity index (χ1v) is 9.66. The summed E-state index contributed by atoms with van der Waals surface area (Å²) in [6.07, 6.45) is 0.973. The van der Waals surface area contributed by atoms with Crippen molar-refractivity contribution in [2.75, 3.05) is 13.2 Å². The molecule has 0 spiro atoms. The van der Waals surface area contributed by atoms with Crippen molar-refractivity contribution in [3.63, 3.8) is 0 Å². The van der Waals surface area contributed by atoms with E-state index in [0.29, 0.717) is 0 Å². The molecule has 1 N–H and O–H groups in total. The first-order chi connectivity index (χ1) is 12.1. The van der Waals surface area contributed by atoms with Crippen LogP contribution in [0, 0.1) is 5.41 Å². The molecule has 0 fully saturated rings. The van der Waals surface area contributed by atoms with Crippen LogP contribution in [0.3, 0.4) is 0 Å². The van der Waals surface area contributed by atoms with Gasteiger partial charge in [-0.1, -0.05) is 84.0 Å². The molecule has 0 unspecified atom stereocenters. The van der Waals surface area contributed by atoms with Crippen LogP contribution in [0.15, 0.2) is 48.5 Å².